The van der Waals surface area contributed by atoms with Gasteiger partial charge < -0.3 is 9.47 Å². The van der Waals surface area contributed by atoms with Gasteiger partial charge in [0.15, 0.2) is 5.83 Å². The van der Waals surface area contributed by atoms with Gasteiger partial charge in [0.2, 0.25) is 0 Å². The van der Waals surface area contributed by atoms with Gasteiger partial charge in [0, 0.05) is 5.56 Å². The predicted molar refractivity (Wildman–Crippen MR) is 95.8 cm³/mol. The van der Waals surface area contributed by atoms with Crippen LogP contribution in [0.4, 0.5) is 4.39 Å². The van der Waals surface area contributed by atoms with Gasteiger partial charge in [-0.1, -0.05) is 36.3 Å². The van der Waals surface area contributed by atoms with Crippen molar-refractivity contribution in [2.45, 2.75) is 6.92 Å². The van der Waals surface area contributed by atoms with E-state index in [0.29, 0.717) is 16.7 Å². The molecule has 4 nitrogen and oxygen atoms in total. The van der Waals surface area contributed by atoms with E-state index >= 15 is 0 Å². The van der Waals surface area contributed by atoms with Gasteiger partial charge in [-0.15, -0.1) is 0 Å². The monoisotopic (exact) mass is 352 g/mol. The maximum absolute atomic E-state index is 14.6. The van der Waals surface area contributed by atoms with Crippen LogP contribution < -0.4 is 0 Å². The van der Waals surface area contributed by atoms with Crippen molar-refractivity contribution in [3.05, 3.63) is 77.1 Å². The normalized spacial score (nSPS) is 10.9. The average Bonchev–Trinajstić information content (AvgIpc) is 2.67. The highest BCUT2D eigenvalue weighted by Crippen LogP contribution is 2.21. The molecule has 2 aromatic carbocycles. The number of rotatable bonds is 4. The fourth-order valence-electron chi connectivity index (χ4n) is 2.14. The SMILES string of the molecule is CCOC(=O)/C(=C(/F)C#Cc1ccc(C(=O)OC)cc1)c1ccccc1. The molecule has 5 heteroatoms. The van der Waals surface area contributed by atoms with Crippen LogP contribution in [0.25, 0.3) is 5.57 Å². The molecule has 2 aromatic rings. The van der Waals surface area contributed by atoms with Crippen molar-refractivity contribution in [2.24, 2.45) is 0 Å². The molecule has 0 bridgehead atoms. The van der Waals surface area contributed by atoms with E-state index in [-0.39, 0.29) is 12.2 Å². The minimum atomic E-state index is -0.883. The standard InChI is InChI=1S/C21H17FO4/c1-3-26-21(24)19(16-7-5-4-6-8-16)18(22)14-11-15-9-12-17(13-10-15)20(23)25-2/h4-10,12-13H,3H2,1-2H3/b19-18+. The summed E-state index contributed by atoms with van der Waals surface area (Å²) in [5.74, 6) is 2.86. The van der Waals surface area contributed by atoms with E-state index in [1.165, 1.54) is 19.2 Å². The van der Waals surface area contributed by atoms with E-state index in [0.717, 1.165) is 0 Å². The number of benzene rings is 2. The molecule has 0 aliphatic heterocycles. The minimum Gasteiger partial charge on any atom is -0.465 e. The van der Waals surface area contributed by atoms with Crippen LogP contribution in [-0.4, -0.2) is 25.7 Å². The molecule has 0 heterocycles. The molecular weight excluding hydrogens is 335 g/mol. The second-order valence-corrected chi connectivity index (χ2v) is 5.09. The number of allylic oxidation sites excluding steroid dienone is 1. The van der Waals surface area contributed by atoms with E-state index in [2.05, 4.69) is 16.6 Å². The van der Waals surface area contributed by atoms with Crippen LogP contribution in [0.5, 0.6) is 0 Å². The number of carbonyl (C=O) groups excluding carboxylic acids is 2. The van der Waals surface area contributed by atoms with Crippen molar-refractivity contribution >= 4 is 17.5 Å². The molecular formula is C21H17FO4. The first-order valence-electron chi connectivity index (χ1n) is 7.89. The van der Waals surface area contributed by atoms with Gasteiger partial charge in [-0.3, -0.25) is 0 Å². The van der Waals surface area contributed by atoms with Gasteiger partial charge in [-0.2, -0.15) is 4.39 Å². The summed E-state index contributed by atoms with van der Waals surface area (Å²) < 4.78 is 24.1. The molecule has 132 valence electrons. The number of methoxy groups -OCH3 is 1. The Labute approximate surface area is 151 Å². The number of esters is 2. The van der Waals surface area contributed by atoms with Crippen LogP contribution in [0.1, 0.15) is 28.4 Å². The van der Waals surface area contributed by atoms with E-state index in [9.17, 15) is 14.0 Å². The summed E-state index contributed by atoms with van der Waals surface area (Å²) >= 11 is 0. The Morgan fingerprint density at radius 3 is 2.23 bits per heavy atom. The van der Waals surface area contributed by atoms with E-state index in [1.54, 1.807) is 49.4 Å². The van der Waals surface area contributed by atoms with Crippen LogP contribution in [-0.2, 0) is 14.3 Å². The molecule has 0 aliphatic carbocycles. The van der Waals surface area contributed by atoms with Crippen molar-refractivity contribution in [3.63, 3.8) is 0 Å². The highest BCUT2D eigenvalue weighted by atomic mass is 19.1. The van der Waals surface area contributed by atoms with Crippen molar-refractivity contribution in [1.82, 2.24) is 0 Å². The van der Waals surface area contributed by atoms with Crippen LogP contribution in [0, 0.1) is 11.8 Å². The Morgan fingerprint density at radius 1 is 1.00 bits per heavy atom. The summed E-state index contributed by atoms with van der Waals surface area (Å²) in [6.45, 7) is 1.78. The topological polar surface area (TPSA) is 52.6 Å². The molecule has 0 radical (unpaired) electrons. The number of halogens is 1. The Hall–Kier alpha value is -3.39. The van der Waals surface area contributed by atoms with Crippen molar-refractivity contribution < 1.29 is 23.5 Å². The van der Waals surface area contributed by atoms with Crippen LogP contribution in [0.15, 0.2) is 60.4 Å². The van der Waals surface area contributed by atoms with Crippen LogP contribution in [0.3, 0.4) is 0 Å². The zero-order valence-electron chi connectivity index (χ0n) is 14.4. The van der Waals surface area contributed by atoms with E-state index in [1.807, 2.05) is 0 Å². The Bertz CT molecular complexity index is 872. The number of carbonyl (C=O) groups is 2. The summed E-state index contributed by atoms with van der Waals surface area (Å²) in [6, 6.07) is 14.6. The predicted octanol–water partition coefficient (Wildman–Crippen LogP) is 3.77. The first-order valence-corrected chi connectivity index (χ1v) is 7.89. The fraction of sp³-hybridized carbons (Fsp3) is 0.143. The lowest BCUT2D eigenvalue weighted by atomic mass is 10.0. The second kappa shape index (κ2) is 9.19. The van der Waals surface area contributed by atoms with E-state index < -0.39 is 17.8 Å². The Kier molecular flexibility index (Phi) is 6.69. The van der Waals surface area contributed by atoms with Gasteiger partial charge >= 0.3 is 11.9 Å². The number of hydrogen-bond donors (Lipinski definition) is 0. The lowest BCUT2D eigenvalue weighted by Crippen LogP contribution is -2.08. The summed E-state index contributed by atoms with van der Waals surface area (Å²) in [5, 5.41) is 0. The third-order valence-corrected chi connectivity index (χ3v) is 3.38. The first kappa shape index (κ1) is 18.9. The highest BCUT2D eigenvalue weighted by Gasteiger charge is 2.18. The maximum atomic E-state index is 14.6. The molecule has 2 rings (SSSR count). The third kappa shape index (κ3) is 4.81. The second-order valence-electron chi connectivity index (χ2n) is 5.09. The van der Waals surface area contributed by atoms with Gasteiger partial charge in [0.1, 0.15) is 5.57 Å². The fourth-order valence-corrected chi connectivity index (χ4v) is 2.14. The van der Waals surface area contributed by atoms with Gasteiger partial charge in [-0.25, -0.2) is 9.59 Å². The lowest BCUT2D eigenvalue weighted by Gasteiger charge is -2.06. The van der Waals surface area contributed by atoms with Gasteiger partial charge in [0.25, 0.3) is 0 Å². The lowest BCUT2D eigenvalue weighted by molar-refractivity contribution is -0.136. The summed E-state index contributed by atoms with van der Waals surface area (Å²) in [7, 11) is 1.29. The summed E-state index contributed by atoms with van der Waals surface area (Å²) in [6.07, 6.45) is 0. The molecule has 0 aliphatic rings. The molecule has 0 unspecified atom stereocenters. The minimum absolute atomic E-state index is 0.130. The van der Waals surface area contributed by atoms with Crippen LogP contribution >= 0.6 is 0 Å². The maximum Gasteiger partial charge on any atom is 0.342 e. The van der Waals surface area contributed by atoms with Gasteiger partial charge in [0.05, 0.1) is 19.3 Å². The Balaban J connectivity index is 2.36. The quantitative estimate of drug-likeness (QED) is 0.477. The van der Waals surface area contributed by atoms with Crippen molar-refractivity contribution in [2.75, 3.05) is 13.7 Å². The van der Waals surface area contributed by atoms with Crippen LogP contribution in [0.2, 0.25) is 0 Å². The summed E-state index contributed by atoms with van der Waals surface area (Å²) in [5.41, 5.74) is 1.03. The smallest absolute Gasteiger partial charge is 0.342 e. The molecule has 0 atom stereocenters. The van der Waals surface area contributed by atoms with Gasteiger partial charge in [-0.05, 0) is 42.7 Å². The zero-order valence-corrected chi connectivity index (χ0v) is 14.4. The largest absolute Gasteiger partial charge is 0.465 e. The average molecular weight is 352 g/mol. The molecule has 0 spiro atoms. The summed E-state index contributed by atoms with van der Waals surface area (Å²) in [4.78, 5) is 23.5. The van der Waals surface area contributed by atoms with E-state index in [4.69, 9.17) is 4.74 Å². The number of ether oxygens (including phenoxy) is 2. The van der Waals surface area contributed by atoms with Crippen molar-refractivity contribution in [3.8, 4) is 11.8 Å². The third-order valence-electron chi connectivity index (χ3n) is 3.38. The Morgan fingerprint density at radius 2 is 1.65 bits per heavy atom. The van der Waals surface area contributed by atoms with Crippen molar-refractivity contribution in [1.29, 1.82) is 0 Å². The molecule has 0 amide bonds. The highest BCUT2D eigenvalue weighted by molar-refractivity contribution is 6.17. The molecule has 0 aromatic heterocycles. The molecule has 0 saturated heterocycles. The zero-order chi connectivity index (χ0) is 18.9. The molecule has 0 saturated carbocycles. The first-order chi connectivity index (χ1) is 12.6. The molecule has 0 fully saturated rings. The molecule has 26 heavy (non-hydrogen) atoms. The number of hydrogen-bond acceptors (Lipinski definition) is 4. The molecule has 0 N–H and O–H groups in total.